The highest BCUT2D eigenvalue weighted by molar-refractivity contribution is 7.13. The molecule has 0 saturated heterocycles. The van der Waals surface area contributed by atoms with Crippen LogP contribution in [0.5, 0.6) is 17.2 Å². The third-order valence-corrected chi connectivity index (χ3v) is 5.51. The van der Waals surface area contributed by atoms with Crippen molar-refractivity contribution >= 4 is 28.5 Å². The number of anilines is 1. The van der Waals surface area contributed by atoms with Gasteiger partial charge in [0, 0.05) is 5.38 Å². The summed E-state index contributed by atoms with van der Waals surface area (Å²) in [5, 5.41) is 14.3. The summed E-state index contributed by atoms with van der Waals surface area (Å²) in [5.41, 5.74) is 2.44. The minimum Gasteiger partial charge on any atom is -0.493 e. The predicted molar refractivity (Wildman–Crippen MR) is 133 cm³/mol. The number of nitrogens with zero attached hydrogens (tertiary/aromatic N) is 2. The van der Waals surface area contributed by atoms with Crippen LogP contribution in [-0.2, 0) is 11.2 Å². The van der Waals surface area contributed by atoms with E-state index in [1.165, 1.54) is 24.5 Å². The molecule has 0 fully saturated rings. The molecule has 1 aromatic heterocycles. The number of ether oxygens (including phenoxy) is 3. The first-order chi connectivity index (χ1) is 16.5. The molecule has 0 aliphatic heterocycles. The van der Waals surface area contributed by atoms with Crippen LogP contribution in [0.15, 0.2) is 66.1 Å². The number of thiazole rings is 1. The van der Waals surface area contributed by atoms with E-state index >= 15 is 0 Å². The van der Waals surface area contributed by atoms with Crippen molar-refractivity contribution in [3.8, 4) is 23.3 Å². The van der Waals surface area contributed by atoms with Gasteiger partial charge >= 0.3 is 0 Å². The average molecular weight is 476 g/mol. The van der Waals surface area contributed by atoms with Crippen molar-refractivity contribution in [2.75, 3.05) is 25.6 Å². The number of nitriles is 1. The molecule has 2 aromatic carbocycles. The third kappa shape index (κ3) is 6.70. The molecular formula is C26H25N3O4S. The quantitative estimate of drug-likeness (QED) is 0.177. The number of carbonyl (C=O) groups is 1. The van der Waals surface area contributed by atoms with Crippen molar-refractivity contribution in [2.45, 2.75) is 13.3 Å². The summed E-state index contributed by atoms with van der Waals surface area (Å²) in [6.45, 7) is 6.27. The molecule has 0 bridgehead atoms. The van der Waals surface area contributed by atoms with Gasteiger partial charge in [0.2, 0.25) is 0 Å². The Morgan fingerprint density at radius 3 is 2.62 bits per heavy atom. The molecule has 0 saturated carbocycles. The first-order valence-corrected chi connectivity index (χ1v) is 11.4. The number of aryl methyl sites for hydroxylation is 1. The van der Waals surface area contributed by atoms with Gasteiger partial charge in [-0.1, -0.05) is 30.3 Å². The molecule has 0 atom stereocenters. The SMILES string of the molecule is C=CCc1ccccc1OCCOc1ccc(/C=C(\C#N)C(=O)Nc2nc(C)cs2)cc1OC. The maximum Gasteiger partial charge on any atom is 0.268 e. The van der Waals surface area contributed by atoms with E-state index in [2.05, 4.69) is 16.9 Å². The van der Waals surface area contributed by atoms with Crippen LogP contribution in [0.1, 0.15) is 16.8 Å². The monoisotopic (exact) mass is 475 g/mol. The molecule has 0 spiro atoms. The van der Waals surface area contributed by atoms with Crippen molar-refractivity contribution < 1.29 is 19.0 Å². The zero-order chi connectivity index (χ0) is 24.3. The molecule has 3 aromatic rings. The molecule has 0 aliphatic rings. The molecule has 1 amide bonds. The van der Waals surface area contributed by atoms with E-state index in [4.69, 9.17) is 14.2 Å². The van der Waals surface area contributed by atoms with Gasteiger partial charge in [-0.3, -0.25) is 10.1 Å². The third-order valence-electron chi connectivity index (χ3n) is 4.64. The number of hydrogen-bond donors (Lipinski definition) is 1. The lowest BCUT2D eigenvalue weighted by Gasteiger charge is -2.13. The Kier molecular flexibility index (Phi) is 8.83. The van der Waals surface area contributed by atoms with Crippen molar-refractivity contribution in [3.63, 3.8) is 0 Å². The number of nitrogens with one attached hydrogen (secondary N) is 1. The zero-order valence-electron chi connectivity index (χ0n) is 19.0. The van der Waals surface area contributed by atoms with Crippen LogP contribution in [0.25, 0.3) is 6.08 Å². The summed E-state index contributed by atoms with van der Waals surface area (Å²) < 4.78 is 17.1. The van der Waals surface area contributed by atoms with E-state index in [1.54, 1.807) is 18.2 Å². The maximum absolute atomic E-state index is 12.4. The molecule has 174 valence electrons. The smallest absolute Gasteiger partial charge is 0.268 e. The molecule has 34 heavy (non-hydrogen) atoms. The number of allylic oxidation sites excluding steroid dienone is 1. The summed E-state index contributed by atoms with van der Waals surface area (Å²) in [5.74, 6) is 1.29. The van der Waals surface area contributed by atoms with Gasteiger partial charge in [-0.2, -0.15) is 5.26 Å². The Labute approximate surface area is 202 Å². The highest BCUT2D eigenvalue weighted by Crippen LogP contribution is 2.29. The minimum atomic E-state index is -0.523. The number of hydrogen-bond acceptors (Lipinski definition) is 7. The second kappa shape index (κ2) is 12.2. The van der Waals surface area contributed by atoms with Crippen molar-refractivity contribution in [2.24, 2.45) is 0 Å². The van der Waals surface area contributed by atoms with Gasteiger partial charge in [-0.15, -0.1) is 17.9 Å². The summed E-state index contributed by atoms with van der Waals surface area (Å²) in [6, 6.07) is 14.9. The predicted octanol–water partition coefficient (Wildman–Crippen LogP) is 5.19. The molecule has 0 radical (unpaired) electrons. The number of carbonyl (C=O) groups excluding carboxylic acids is 1. The van der Waals surface area contributed by atoms with E-state index in [0.717, 1.165) is 23.4 Å². The Morgan fingerprint density at radius 2 is 1.94 bits per heavy atom. The second-order valence-electron chi connectivity index (χ2n) is 7.13. The zero-order valence-corrected chi connectivity index (χ0v) is 19.9. The number of para-hydroxylation sites is 1. The van der Waals surface area contributed by atoms with E-state index in [-0.39, 0.29) is 5.57 Å². The second-order valence-corrected chi connectivity index (χ2v) is 7.98. The molecular weight excluding hydrogens is 450 g/mol. The van der Waals surface area contributed by atoms with Crippen LogP contribution in [0.3, 0.4) is 0 Å². The van der Waals surface area contributed by atoms with E-state index in [1.807, 2.05) is 48.7 Å². The van der Waals surface area contributed by atoms with Crippen LogP contribution in [0.2, 0.25) is 0 Å². The van der Waals surface area contributed by atoms with Gasteiger partial charge in [0.1, 0.15) is 30.6 Å². The lowest BCUT2D eigenvalue weighted by Crippen LogP contribution is -2.13. The topological polar surface area (TPSA) is 93.5 Å². The number of aromatic nitrogens is 1. The number of methoxy groups -OCH3 is 1. The fourth-order valence-corrected chi connectivity index (χ4v) is 3.74. The molecule has 0 aliphatic carbocycles. The molecule has 1 heterocycles. The highest BCUT2D eigenvalue weighted by atomic mass is 32.1. The highest BCUT2D eigenvalue weighted by Gasteiger charge is 2.13. The molecule has 0 unspecified atom stereocenters. The average Bonchev–Trinajstić information content (AvgIpc) is 3.26. The van der Waals surface area contributed by atoms with Gasteiger partial charge in [0.15, 0.2) is 16.6 Å². The van der Waals surface area contributed by atoms with Crippen LogP contribution in [-0.4, -0.2) is 31.2 Å². The van der Waals surface area contributed by atoms with Crippen LogP contribution < -0.4 is 19.5 Å². The molecule has 8 heteroatoms. The van der Waals surface area contributed by atoms with E-state index in [0.29, 0.717) is 35.4 Å². The first-order valence-electron chi connectivity index (χ1n) is 10.5. The summed E-state index contributed by atoms with van der Waals surface area (Å²) in [4.78, 5) is 16.6. The van der Waals surface area contributed by atoms with Crippen molar-refractivity contribution in [1.29, 1.82) is 5.26 Å². The standard InChI is InChI=1S/C26H25N3O4S/c1-4-7-20-8-5-6-9-22(20)32-12-13-33-23-11-10-19(15-24(23)31-3)14-21(16-27)25(30)29-26-28-18(2)17-34-26/h4-6,8-11,14-15,17H,1,7,12-13H2,2-3H3,(H,28,29,30)/b21-14+. The lowest BCUT2D eigenvalue weighted by molar-refractivity contribution is -0.112. The van der Waals surface area contributed by atoms with Crippen LogP contribution >= 0.6 is 11.3 Å². The first kappa shape index (κ1) is 24.6. The fraction of sp³-hybridized carbons (Fsp3) is 0.192. The largest absolute Gasteiger partial charge is 0.493 e. The normalized spacial score (nSPS) is 10.8. The summed E-state index contributed by atoms with van der Waals surface area (Å²) in [7, 11) is 1.53. The molecule has 3 rings (SSSR count). The molecule has 7 nitrogen and oxygen atoms in total. The maximum atomic E-state index is 12.4. The summed E-state index contributed by atoms with van der Waals surface area (Å²) in [6.07, 6.45) is 4.05. The Balaban J connectivity index is 1.62. The number of amides is 1. The van der Waals surface area contributed by atoms with Crippen LogP contribution in [0, 0.1) is 18.3 Å². The van der Waals surface area contributed by atoms with E-state index < -0.39 is 5.91 Å². The Bertz CT molecular complexity index is 1230. The minimum absolute atomic E-state index is 0.0461. The van der Waals surface area contributed by atoms with Gasteiger partial charge in [-0.25, -0.2) is 4.98 Å². The number of benzene rings is 2. The van der Waals surface area contributed by atoms with Crippen molar-refractivity contribution in [3.05, 3.63) is 82.9 Å². The van der Waals surface area contributed by atoms with Crippen molar-refractivity contribution in [1.82, 2.24) is 4.98 Å². The Hall–Kier alpha value is -4.09. The lowest BCUT2D eigenvalue weighted by atomic mass is 10.1. The number of rotatable bonds is 11. The fourth-order valence-electron chi connectivity index (χ4n) is 3.06. The van der Waals surface area contributed by atoms with Crippen LogP contribution in [0.4, 0.5) is 5.13 Å². The van der Waals surface area contributed by atoms with Gasteiger partial charge in [0.25, 0.3) is 5.91 Å². The summed E-state index contributed by atoms with van der Waals surface area (Å²) >= 11 is 1.30. The molecule has 1 N–H and O–H groups in total. The van der Waals surface area contributed by atoms with Gasteiger partial charge in [-0.05, 0) is 48.7 Å². The van der Waals surface area contributed by atoms with Gasteiger partial charge < -0.3 is 14.2 Å². The Morgan fingerprint density at radius 1 is 1.18 bits per heavy atom. The van der Waals surface area contributed by atoms with Gasteiger partial charge in [0.05, 0.1) is 12.8 Å². The van der Waals surface area contributed by atoms with E-state index in [9.17, 15) is 10.1 Å².